The predicted molar refractivity (Wildman–Crippen MR) is 65.4 cm³/mol. The molecule has 1 atom stereocenters. The van der Waals surface area contributed by atoms with Crippen LogP contribution in [0, 0.1) is 0 Å². The van der Waals surface area contributed by atoms with Crippen LogP contribution >= 0.6 is 0 Å². The van der Waals surface area contributed by atoms with E-state index in [2.05, 4.69) is 24.1 Å². The molecule has 1 heterocycles. The van der Waals surface area contributed by atoms with Gasteiger partial charge in [0.05, 0.1) is 0 Å². The second-order valence-corrected chi connectivity index (χ2v) is 3.98. The van der Waals surface area contributed by atoms with Crippen LogP contribution in [-0.2, 0) is 0 Å². The monoisotopic (exact) mass is 221 g/mol. The Hall–Kier alpha value is -1.58. The van der Waals surface area contributed by atoms with Crippen LogP contribution in [0.1, 0.15) is 43.6 Å². The molecule has 0 saturated carbocycles. The minimum absolute atomic E-state index is 0.299. The maximum atomic E-state index is 10.9. The molecule has 3 N–H and O–H groups in total. The second kappa shape index (κ2) is 6.10. The summed E-state index contributed by atoms with van der Waals surface area (Å²) in [5, 5.41) is 3.32. The van der Waals surface area contributed by atoms with E-state index in [-0.39, 0.29) is 0 Å². The van der Waals surface area contributed by atoms with Crippen molar-refractivity contribution in [2.24, 2.45) is 5.73 Å². The molecule has 4 nitrogen and oxygen atoms in total. The summed E-state index contributed by atoms with van der Waals surface area (Å²) in [5.41, 5.74) is 6.36. The normalized spacial score (nSPS) is 12.1. The number of nitrogens with zero attached hydrogens (tertiary/aromatic N) is 1. The molecule has 1 aromatic heterocycles. The van der Waals surface area contributed by atoms with Crippen molar-refractivity contribution in [2.45, 2.75) is 39.2 Å². The first-order valence-corrected chi connectivity index (χ1v) is 5.66. The number of rotatable bonds is 6. The summed E-state index contributed by atoms with van der Waals surface area (Å²) in [5.74, 6) is -0.495. The van der Waals surface area contributed by atoms with Crippen molar-refractivity contribution < 1.29 is 4.79 Å². The van der Waals surface area contributed by atoms with Crippen LogP contribution in [0.25, 0.3) is 0 Å². The number of amides is 1. The largest absolute Gasteiger partial charge is 0.382 e. The number of anilines is 1. The highest BCUT2D eigenvalue weighted by atomic mass is 16.1. The third-order valence-electron chi connectivity index (χ3n) is 2.42. The number of carbonyl (C=O) groups excluding carboxylic acids is 1. The summed E-state index contributed by atoms with van der Waals surface area (Å²) in [7, 11) is 0. The zero-order valence-electron chi connectivity index (χ0n) is 9.86. The van der Waals surface area contributed by atoms with Crippen molar-refractivity contribution in [3.05, 3.63) is 24.0 Å². The standard InChI is InChI=1S/C12H19N3O/c1-3-4-5-9(2)15-10-6-7-14-11(8-10)12(13)16/h6-9H,3-5H2,1-2H3,(H2,13,16)(H,14,15). The number of primary amides is 1. The number of hydrogen-bond donors (Lipinski definition) is 2. The Labute approximate surface area is 96.3 Å². The lowest BCUT2D eigenvalue weighted by molar-refractivity contribution is 0.0995. The van der Waals surface area contributed by atoms with Crippen molar-refractivity contribution in [2.75, 3.05) is 5.32 Å². The number of hydrogen-bond acceptors (Lipinski definition) is 3. The van der Waals surface area contributed by atoms with Crippen LogP contribution in [-0.4, -0.2) is 16.9 Å². The summed E-state index contributed by atoms with van der Waals surface area (Å²) in [6.45, 7) is 4.30. The van der Waals surface area contributed by atoms with Crippen LogP contribution in [0.15, 0.2) is 18.3 Å². The van der Waals surface area contributed by atoms with Gasteiger partial charge in [-0.05, 0) is 25.5 Å². The fourth-order valence-electron chi connectivity index (χ4n) is 1.52. The van der Waals surface area contributed by atoms with E-state index in [1.54, 1.807) is 12.3 Å². The smallest absolute Gasteiger partial charge is 0.267 e. The van der Waals surface area contributed by atoms with Gasteiger partial charge in [0.25, 0.3) is 5.91 Å². The van der Waals surface area contributed by atoms with E-state index in [1.165, 1.54) is 12.8 Å². The number of unbranched alkanes of at least 4 members (excludes halogenated alkanes) is 1. The number of aromatic nitrogens is 1. The summed E-state index contributed by atoms with van der Waals surface area (Å²) < 4.78 is 0. The summed E-state index contributed by atoms with van der Waals surface area (Å²) in [6.07, 6.45) is 5.09. The Morgan fingerprint density at radius 1 is 1.62 bits per heavy atom. The van der Waals surface area contributed by atoms with Crippen molar-refractivity contribution in [3.63, 3.8) is 0 Å². The van der Waals surface area contributed by atoms with E-state index in [1.807, 2.05) is 6.07 Å². The molecular weight excluding hydrogens is 202 g/mol. The fourth-order valence-corrected chi connectivity index (χ4v) is 1.52. The zero-order chi connectivity index (χ0) is 12.0. The molecule has 16 heavy (non-hydrogen) atoms. The second-order valence-electron chi connectivity index (χ2n) is 3.98. The van der Waals surface area contributed by atoms with Crippen molar-refractivity contribution in [3.8, 4) is 0 Å². The molecule has 4 heteroatoms. The van der Waals surface area contributed by atoms with Crippen LogP contribution < -0.4 is 11.1 Å². The molecule has 0 bridgehead atoms. The lowest BCUT2D eigenvalue weighted by Crippen LogP contribution is -2.17. The fraction of sp³-hybridized carbons (Fsp3) is 0.500. The lowest BCUT2D eigenvalue weighted by atomic mass is 10.1. The van der Waals surface area contributed by atoms with Gasteiger partial charge in [0.1, 0.15) is 5.69 Å². The van der Waals surface area contributed by atoms with E-state index in [0.29, 0.717) is 11.7 Å². The quantitative estimate of drug-likeness (QED) is 0.773. The number of pyridine rings is 1. The highest BCUT2D eigenvalue weighted by Gasteiger charge is 2.05. The highest BCUT2D eigenvalue weighted by Crippen LogP contribution is 2.11. The molecule has 0 spiro atoms. The topological polar surface area (TPSA) is 68.0 Å². The van der Waals surface area contributed by atoms with Crippen LogP contribution in [0.5, 0.6) is 0 Å². The van der Waals surface area contributed by atoms with E-state index in [0.717, 1.165) is 12.1 Å². The average Bonchev–Trinajstić information content (AvgIpc) is 2.26. The summed E-state index contributed by atoms with van der Waals surface area (Å²) in [6, 6.07) is 3.92. The first-order valence-electron chi connectivity index (χ1n) is 5.66. The predicted octanol–water partition coefficient (Wildman–Crippen LogP) is 2.17. The van der Waals surface area contributed by atoms with Gasteiger partial charge in [0.15, 0.2) is 0 Å². The van der Waals surface area contributed by atoms with Gasteiger partial charge in [0, 0.05) is 17.9 Å². The molecule has 0 saturated heterocycles. The molecule has 1 aromatic rings. The number of carbonyl (C=O) groups is 1. The maximum absolute atomic E-state index is 10.9. The summed E-state index contributed by atoms with van der Waals surface area (Å²) >= 11 is 0. The molecule has 0 aliphatic heterocycles. The van der Waals surface area contributed by atoms with E-state index in [4.69, 9.17) is 5.73 Å². The molecule has 0 aliphatic rings. The molecule has 88 valence electrons. The molecule has 0 aliphatic carbocycles. The third kappa shape index (κ3) is 3.88. The Kier molecular flexibility index (Phi) is 4.76. The average molecular weight is 221 g/mol. The van der Waals surface area contributed by atoms with Gasteiger partial charge in [0.2, 0.25) is 0 Å². The first kappa shape index (κ1) is 12.5. The van der Waals surface area contributed by atoms with Crippen molar-refractivity contribution >= 4 is 11.6 Å². The lowest BCUT2D eigenvalue weighted by Gasteiger charge is -2.14. The Balaban J connectivity index is 2.59. The van der Waals surface area contributed by atoms with Gasteiger partial charge >= 0.3 is 0 Å². The third-order valence-corrected chi connectivity index (χ3v) is 2.42. The number of nitrogens with one attached hydrogen (secondary N) is 1. The van der Waals surface area contributed by atoms with Crippen LogP contribution in [0.2, 0.25) is 0 Å². The minimum atomic E-state index is -0.495. The molecule has 1 amide bonds. The van der Waals surface area contributed by atoms with Crippen LogP contribution in [0.4, 0.5) is 5.69 Å². The Bertz CT molecular complexity index is 352. The van der Waals surface area contributed by atoms with Crippen molar-refractivity contribution in [1.29, 1.82) is 0 Å². The van der Waals surface area contributed by atoms with E-state index in [9.17, 15) is 4.79 Å². The molecule has 0 fully saturated rings. The zero-order valence-corrected chi connectivity index (χ0v) is 9.86. The van der Waals surface area contributed by atoms with Gasteiger partial charge < -0.3 is 11.1 Å². The molecular formula is C12H19N3O. The number of nitrogens with two attached hydrogens (primary N) is 1. The summed E-state index contributed by atoms with van der Waals surface area (Å²) in [4.78, 5) is 14.8. The van der Waals surface area contributed by atoms with Gasteiger partial charge in [-0.15, -0.1) is 0 Å². The van der Waals surface area contributed by atoms with Gasteiger partial charge in [-0.2, -0.15) is 0 Å². The Morgan fingerprint density at radius 3 is 3.00 bits per heavy atom. The molecule has 0 radical (unpaired) electrons. The Morgan fingerprint density at radius 2 is 2.38 bits per heavy atom. The maximum Gasteiger partial charge on any atom is 0.267 e. The van der Waals surface area contributed by atoms with Gasteiger partial charge in [-0.1, -0.05) is 19.8 Å². The minimum Gasteiger partial charge on any atom is -0.382 e. The van der Waals surface area contributed by atoms with Crippen molar-refractivity contribution in [1.82, 2.24) is 4.98 Å². The molecule has 0 aromatic carbocycles. The van der Waals surface area contributed by atoms with Gasteiger partial charge in [-0.25, -0.2) is 0 Å². The van der Waals surface area contributed by atoms with E-state index >= 15 is 0 Å². The SMILES string of the molecule is CCCCC(C)Nc1ccnc(C(N)=O)c1. The van der Waals surface area contributed by atoms with Gasteiger partial charge in [-0.3, -0.25) is 9.78 Å². The first-order chi connectivity index (χ1) is 7.63. The molecule has 1 unspecified atom stereocenters. The highest BCUT2D eigenvalue weighted by molar-refractivity contribution is 5.91. The van der Waals surface area contributed by atoms with Crippen LogP contribution in [0.3, 0.4) is 0 Å². The molecule has 1 rings (SSSR count). The van der Waals surface area contributed by atoms with E-state index < -0.39 is 5.91 Å².